The number of Topliss-reactive ketones (excluding diaryl/α,β-unsaturated/α-hetero) is 1. The second kappa shape index (κ2) is 9.82. The van der Waals surface area contributed by atoms with Crippen LogP contribution in [0.1, 0.15) is 28.8 Å². The highest BCUT2D eigenvalue weighted by molar-refractivity contribution is 5.98. The van der Waals surface area contributed by atoms with Crippen molar-refractivity contribution in [2.75, 3.05) is 34.0 Å². The number of carbonyl (C=O) groups excluding carboxylic acids is 2. The molecular formula is C22H24O7. The summed E-state index contributed by atoms with van der Waals surface area (Å²) >= 11 is 0. The third-order valence-electron chi connectivity index (χ3n) is 4.50. The van der Waals surface area contributed by atoms with Crippen molar-refractivity contribution in [2.24, 2.45) is 0 Å². The van der Waals surface area contributed by atoms with Gasteiger partial charge in [0.1, 0.15) is 0 Å². The van der Waals surface area contributed by atoms with Crippen LogP contribution < -0.4 is 18.9 Å². The van der Waals surface area contributed by atoms with Crippen LogP contribution in [0.5, 0.6) is 23.0 Å². The van der Waals surface area contributed by atoms with Gasteiger partial charge in [-0.3, -0.25) is 9.59 Å². The molecule has 0 radical (unpaired) electrons. The third kappa shape index (κ3) is 5.40. The molecule has 0 bridgehead atoms. The number of rotatable bonds is 8. The molecule has 1 aliphatic heterocycles. The topological polar surface area (TPSA) is 80.3 Å². The number of aryl methyl sites for hydroxylation is 1. The van der Waals surface area contributed by atoms with Gasteiger partial charge in [0.25, 0.3) is 0 Å². The first-order chi connectivity index (χ1) is 14.1. The summed E-state index contributed by atoms with van der Waals surface area (Å²) in [6.07, 6.45) is 1.41. The van der Waals surface area contributed by atoms with E-state index < -0.39 is 5.97 Å². The van der Waals surface area contributed by atoms with Gasteiger partial charge in [-0.05, 0) is 42.3 Å². The zero-order valence-electron chi connectivity index (χ0n) is 16.6. The van der Waals surface area contributed by atoms with Gasteiger partial charge in [-0.2, -0.15) is 0 Å². The Kier molecular flexibility index (Phi) is 6.94. The number of ether oxygens (including phenoxy) is 5. The molecule has 0 amide bonds. The average molecular weight is 400 g/mol. The normalized spacial score (nSPS) is 12.6. The van der Waals surface area contributed by atoms with Crippen LogP contribution in [0, 0.1) is 0 Å². The van der Waals surface area contributed by atoms with E-state index in [1.165, 1.54) is 0 Å². The third-order valence-corrected chi connectivity index (χ3v) is 4.50. The summed E-state index contributed by atoms with van der Waals surface area (Å²) in [6.45, 7) is 0.804. The summed E-state index contributed by atoms with van der Waals surface area (Å²) < 4.78 is 26.7. The van der Waals surface area contributed by atoms with Crippen LogP contribution in [0.15, 0.2) is 36.4 Å². The van der Waals surface area contributed by atoms with Crippen molar-refractivity contribution in [3.8, 4) is 23.0 Å². The van der Waals surface area contributed by atoms with Crippen molar-refractivity contribution >= 4 is 11.8 Å². The molecule has 0 N–H and O–H groups in total. The summed E-state index contributed by atoms with van der Waals surface area (Å²) in [7, 11) is 3.12. The minimum absolute atomic E-state index is 0.157. The van der Waals surface area contributed by atoms with Gasteiger partial charge in [-0.15, -0.1) is 0 Å². The van der Waals surface area contributed by atoms with Gasteiger partial charge in [0.15, 0.2) is 35.4 Å². The van der Waals surface area contributed by atoms with Crippen LogP contribution in [0.25, 0.3) is 0 Å². The first-order valence-electron chi connectivity index (χ1n) is 9.40. The van der Waals surface area contributed by atoms with Gasteiger partial charge in [0.2, 0.25) is 0 Å². The van der Waals surface area contributed by atoms with Crippen molar-refractivity contribution in [1.82, 2.24) is 0 Å². The molecule has 7 nitrogen and oxygen atoms in total. The van der Waals surface area contributed by atoms with Gasteiger partial charge in [0.05, 0.1) is 27.4 Å². The minimum Gasteiger partial charge on any atom is -0.493 e. The molecule has 0 spiro atoms. The lowest BCUT2D eigenvalue weighted by Gasteiger charge is -2.10. The Morgan fingerprint density at radius 3 is 2.45 bits per heavy atom. The number of hydrogen-bond donors (Lipinski definition) is 0. The number of ketones is 1. The van der Waals surface area contributed by atoms with Gasteiger partial charge in [0, 0.05) is 18.4 Å². The summed E-state index contributed by atoms with van der Waals surface area (Å²) in [6, 6.07) is 10.4. The van der Waals surface area contributed by atoms with Gasteiger partial charge in [-0.1, -0.05) is 6.07 Å². The molecule has 7 heteroatoms. The van der Waals surface area contributed by atoms with E-state index in [1.807, 2.05) is 12.1 Å². The van der Waals surface area contributed by atoms with Crippen molar-refractivity contribution in [1.29, 1.82) is 0 Å². The summed E-state index contributed by atoms with van der Waals surface area (Å²) in [5.74, 6) is 1.64. The second-order valence-electron chi connectivity index (χ2n) is 6.49. The molecule has 1 aliphatic rings. The smallest absolute Gasteiger partial charge is 0.306 e. The maximum atomic E-state index is 12.3. The molecule has 0 saturated heterocycles. The molecular weight excluding hydrogens is 376 g/mol. The summed E-state index contributed by atoms with van der Waals surface area (Å²) in [5.41, 5.74) is 1.33. The number of hydrogen-bond acceptors (Lipinski definition) is 7. The Labute approximate surface area is 169 Å². The summed E-state index contributed by atoms with van der Waals surface area (Å²) in [5, 5.41) is 0. The van der Waals surface area contributed by atoms with E-state index in [1.54, 1.807) is 38.5 Å². The maximum absolute atomic E-state index is 12.3. The van der Waals surface area contributed by atoms with Crippen LogP contribution in [0.3, 0.4) is 0 Å². The molecule has 1 heterocycles. The molecule has 154 valence electrons. The van der Waals surface area contributed by atoms with Crippen LogP contribution in [-0.4, -0.2) is 45.8 Å². The molecule has 2 aromatic rings. The van der Waals surface area contributed by atoms with E-state index >= 15 is 0 Å². The maximum Gasteiger partial charge on any atom is 0.306 e. The number of benzene rings is 2. The van der Waals surface area contributed by atoms with E-state index in [0.29, 0.717) is 48.2 Å². The zero-order chi connectivity index (χ0) is 20.6. The quantitative estimate of drug-likeness (QED) is 0.497. The lowest BCUT2D eigenvalue weighted by atomic mass is 10.1. The highest BCUT2D eigenvalue weighted by Crippen LogP contribution is 2.30. The van der Waals surface area contributed by atoms with Crippen LogP contribution in [-0.2, 0) is 16.0 Å². The van der Waals surface area contributed by atoms with Crippen LogP contribution in [0.4, 0.5) is 0 Å². The van der Waals surface area contributed by atoms with Gasteiger partial charge >= 0.3 is 5.97 Å². The van der Waals surface area contributed by atoms with E-state index in [0.717, 1.165) is 12.0 Å². The molecule has 0 unspecified atom stereocenters. The number of carbonyl (C=O) groups is 2. The van der Waals surface area contributed by atoms with E-state index in [4.69, 9.17) is 23.7 Å². The number of fused-ring (bicyclic) bond motifs is 1. The largest absolute Gasteiger partial charge is 0.493 e. The predicted octanol–water partition coefficient (Wildman–Crippen LogP) is 3.22. The molecule has 0 fully saturated rings. The predicted molar refractivity (Wildman–Crippen MR) is 105 cm³/mol. The standard InChI is InChI=1S/C22H24O7/c1-25-18-7-4-15(12-20(18)26-2)5-9-22(24)29-14-17(23)16-6-8-19-21(13-16)28-11-3-10-27-19/h4,6-8,12-13H,3,5,9-11,14H2,1-2H3. The molecule has 3 rings (SSSR count). The Morgan fingerprint density at radius 1 is 0.931 bits per heavy atom. The molecule has 0 aromatic heterocycles. The summed E-state index contributed by atoms with van der Waals surface area (Å²) in [4.78, 5) is 24.4. The molecule has 0 aliphatic carbocycles. The van der Waals surface area contributed by atoms with Crippen LogP contribution >= 0.6 is 0 Å². The highest BCUT2D eigenvalue weighted by atomic mass is 16.5. The fourth-order valence-corrected chi connectivity index (χ4v) is 2.92. The van der Waals surface area contributed by atoms with E-state index in [-0.39, 0.29) is 18.8 Å². The number of esters is 1. The fraction of sp³-hybridized carbons (Fsp3) is 0.364. The Hall–Kier alpha value is -3.22. The molecule has 0 atom stereocenters. The van der Waals surface area contributed by atoms with Crippen molar-refractivity contribution in [3.63, 3.8) is 0 Å². The zero-order valence-corrected chi connectivity index (χ0v) is 16.6. The van der Waals surface area contributed by atoms with Crippen molar-refractivity contribution in [2.45, 2.75) is 19.3 Å². The van der Waals surface area contributed by atoms with Gasteiger partial charge < -0.3 is 23.7 Å². The fourth-order valence-electron chi connectivity index (χ4n) is 2.92. The first kappa shape index (κ1) is 20.5. The minimum atomic E-state index is -0.442. The first-order valence-corrected chi connectivity index (χ1v) is 9.40. The van der Waals surface area contributed by atoms with Crippen molar-refractivity contribution in [3.05, 3.63) is 47.5 Å². The Morgan fingerprint density at radius 2 is 1.69 bits per heavy atom. The lowest BCUT2D eigenvalue weighted by molar-refractivity contribution is -0.142. The monoisotopic (exact) mass is 400 g/mol. The second-order valence-corrected chi connectivity index (χ2v) is 6.49. The van der Waals surface area contributed by atoms with Gasteiger partial charge in [-0.25, -0.2) is 0 Å². The van der Waals surface area contributed by atoms with Crippen molar-refractivity contribution < 1.29 is 33.3 Å². The molecule has 2 aromatic carbocycles. The van der Waals surface area contributed by atoms with E-state index in [9.17, 15) is 9.59 Å². The Balaban J connectivity index is 1.50. The lowest BCUT2D eigenvalue weighted by Crippen LogP contribution is -2.14. The van der Waals surface area contributed by atoms with E-state index in [2.05, 4.69) is 0 Å². The SMILES string of the molecule is COc1ccc(CCC(=O)OCC(=O)c2ccc3c(c2)OCCCO3)cc1OC. The highest BCUT2D eigenvalue weighted by Gasteiger charge is 2.16. The molecule has 0 saturated carbocycles. The average Bonchev–Trinajstić information content (AvgIpc) is 3.00. The Bertz CT molecular complexity index is 875. The number of methoxy groups -OCH3 is 2. The molecule has 29 heavy (non-hydrogen) atoms. The van der Waals surface area contributed by atoms with Crippen LogP contribution in [0.2, 0.25) is 0 Å².